The van der Waals surface area contributed by atoms with Crippen molar-refractivity contribution in [2.45, 2.75) is 20.8 Å². The summed E-state index contributed by atoms with van der Waals surface area (Å²) in [6.07, 6.45) is 1.35. The Morgan fingerprint density at radius 2 is 2.07 bits per heavy atom. The molecule has 0 unspecified atom stereocenters. The first kappa shape index (κ1) is 11.6. The summed E-state index contributed by atoms with van der Waals surface area (Å²) in [5.41, 5.74) is 9.88. The van der Waals surface area contributed by atoms with Crippen molar-refractivity contribution in [1.82, 2.24) is 0 Å². The molecule has 15 heavy (non-hydrogen) atoms. The number of hydrogen-bond acceptors (Lipinski definition) is 2. The Bertz CT molecular complexity index is 369. The van der Waals surface area contributed by atoms with Crippen LogP contribution in [0.3, 0.4) is 0 Å². The van der Waals surface area contributed by atoms with Crippen molar-refractivity contribution >= 4 is 17.7 Å². The molecule has 0 amide bonds. The van der Waals surface area contributed by atoms with Gasteiger partial charge in [-0.3, -0.25) is 0 Å². The van der Waals surface area contributed by atoms with Crippen LogP contribution in [-0.4, -0.2) is 19.9 Å². The van der Waals surface area contributed by atoms with Crippen LogP contribution in [-0.2, 0) is 0 Å². The van der Waals surface area contributed by atoms with Gasteiger partial charge >= 0.3 is 0 Å². The summed E-state index contributed by atoms with van der Waals surface area (Å²) in [5, 5.41) is 0. The van der Waals surface area contributed by atoms with E-state index in [-0.39, 0.29) is 0 Å². The monoisotopic (exact) mass is 205 g/mol. The molecule has 0 aliphatic heterocycles. The van der Waals surface area contributed by atoms with Crippen LogP contribution >= 0.6 is 0 Å². The minimum atomic E-state index is 0.954. The Kier molecular flexibility index (Phi) is 3.72. The van der Waals surface area contributed by atoms with Gasteiger partial charge in [-0.2, -0.15) is 0 Å². The molecule has 3 heteroatoms. The molecule has 3 nitrogen and oxygen atoms in total. The SMILES string of the molecule is CCN(C)c1cc(C)cc(C)c1N=CN. The van der Waals surface area contributed by atoms with Crippen molar-refractivity contribution in [3.05, 3.63) is 23.3 Å². The highest BCUT2D eigenvalue weighted by Gasteiger charge is 2.08. The topological polar surface area (TPSA) is 41.6 Å². The molecule has 0 aromatic heterocycles. The van der Waals surface area contributed by atoms with Gasteiger partial charge in [-0.15, -0.1) is 0 Å². The van der Waals surface area contributed by atoms with Gasteiger partial charge < -0.3 is 10.6 Å². The maximum absolute atomic E-state index is 5.37. The summed E-state index contributed by atoms with van der Waals surface area (Å²) in [7, 11) is 2.06. The molecule has 82 valence electrons. The Morgan fingerprint density at radius 3 is 2.60 bits per heavy atom. The van der Waals surface area contributed by atoms with E-state index in [0.717, 1.165) is 23.5 Å². The Balaban J connectivity index is 3.32. The Labute approximate surface area is 91.6 Å². The lowest BCUT2D eigenvalue weighted by Crippen LogP contribution is -2.16. The Morgan fingerprint density at radius 1 is 1.40 bits per heavy atom. The number of rotatable bonds is 3. The maximum Gasteiger partial charge on any atom is 0.0909 e. The molecule has 1 aromatic rings. The average molecular weight is 205 g/mol. The van der Waals surface area contributed by atoms with Crippen LogP contribution in [0, 0.1) is 13.8 Å². The van der Waals surface area contributed by atoms with Gasteiger partial charge in [0.25, 0.3) is 0 Å². The van der Waals surface area contributed by atoms with Crippen LogP contribution in [0.2, 0.25) is 0 Å². The van der Waals surface area contributed by atoms with Crippen molar-refractivity contribution in [2.75, 3.05) is 18.5 Å². The third-order valence-corrected chi connectivity index (χ3v) is 2.51. The summed E-state index contributed by atoms with van der Waals surface area (Å²) in [6.45, 7) is 7.22. The second kappa shape index (κ2) is 4.82. The van der Waals surface area contributed by atoms with E-state index in [1.54, 1.807) is 0 Å². The lowest BCUT2D eigenvalue weighted by atomic mass is 10.1. The standard InChI is InChI=1S/C12H19N3/c1-5-15(4)11-7-9(2)6-10(3)12(11)14-8-13/h6-8H,5H2,1-4H3,(H2,13,14). The van der Waals surface area contributed by atoms with Crippen LogP contribution < -0.4 is 10.6 Å². The smallest absolute Gasteiger partial charge is 0.0909 e. The predicted molar refractivity (Wildman–Crippen MR) is 67.2 cm³/mol. The van der Waals surface area contributed by atoms with E-state index >= 15 is 0 Å². The number of nitrogens with two attached hydrogens (primary N) is 1. The van der Waals surface area contributed by atoms with Crippen LogP contribution in [0.1, 0.15) is 18.1 Å². The fraction of sp³-hybridized carbons (Fsp3) is 0.417. The summed E-state index contributed by atoms with van der Waals surface area (Å²) in [4.78, 5) is 6.40. The van der Waals surface area contributed by atoms with Crippen LogP contribution in [0.5, 0.6) is 0 Å². The zero-order valence-corrected chi connectivity index (χ0v) is 9.91. The summed E-state index contributed by atoms with van der Waals surface area (Å²) in [5.74, 6) is 0. The predicted octanol–water partition coefficient (Wildman–Crippen LogP) is 2.38. The normalized spacial score (nSPS) is 10.9. The van der Waals surface area contributed by atoms with E-state index in [2.05, 4.69) is 49.8 Å². The highest BCUT2D eigenvalue weighted by Crippen LogP contribution is 2.32. The molecule has 0 aliphatic rings. The van der Waals surface area contributed by atoms with Gasteiger partial charge in [-0.05, 0) is 38.0 Å². The number of aliphatic imine (C=N–C) groups is 1. The molecule has 1 rings (SSSR count). The first-order chi connectivity index (χ1) is 7.10. The molecular weight excluding hydrogens is 186 g/mol. The zero-order valence-electron chi connectivity index (χ0n) is 9.91. The molecule has 0 heterocycles. The number of aryl methyl sites for hydroxylation is 2. The van der Waals surface area contributed by atoms with Gasteiger partial charge in [0.1, 0.15) is 0 Å². The largest absolute Gasteiger partial charge is 0.390 e. The molecule has 0 radical (unpaired) electrons. The molecule has 2 N–H and O–H groups in total. The third kappa shape index (κ3) is 2.49. The second-order valence-corrected chi connectivity index (χ2v) is 3.74. The highest BCUT2D eigenvalue weighted by molar-refractivity contribution is 5.75. The maximum atomic E-state index is 5.37. The number of anilines is 1. The number of nitrogens with zero attached hydrogens (tertiary/aromatic N) is 2. The van der Waals surface area contributed by atoms with E-state index in [1.165, 1.54) is 11.9 Å². The van der Waals surface area contributed by atoms with E-state index in [4.69, 9.17) is 5.73 Å². The zero-order chi connectivity index (χ0) is 11.4. The molecule has 0 saturated heterocycles. The van der Waals surface area contributed by atoms with Gasteiger partial charge in [-0.1, -0.05) is 6.07 Å². The van der Waals surface area contributed by atoms with Gasteiger partial charge in [0.05, 0.1) is 17.7 Å². The average Bonchev–Trinajstić information content (AvgIpc) is 2.20. The fourth-order valence-corrected chi connectivity index (χ4v) is 1.64. The molecular formula is C12H19N3. The molecule has 1 aromatic carbocycles. The quantitative estimate of drug-likeness (QED) is 0.608. The van der Waals surface area contributed by atoms with Crippen LogP contribution in [0.4, 0.5) is 11.4 Å². The fourth-order valence-electron chi connectivity index (χ4n) is 1.64. The molecule has 0 fully saturated rings. The number of hydrogen-bond donors (Lipinski definition) is 1. The molecule has 0 saturated carbocycles. The van der Waals surface area contributed by atoms with Gasteiger partial charge in [0.2, 0.25) is 0 Å². The number of benzene rings is 1. The first-order valence-electron chi connectivity index (χ1n) is 5.16. The van der Waals surface area contributed by atoms with Gasteiger partial charge in [0.15, 0.2) is 0 Å². The van der Waals surface area contributed by atoms with Crippen molar-refractivity contribution in [3.63, 3.8) is 0 Å². The summed E-state index contributed by atoms with van der Waals surface area (Å²) < 4.78 is 0. The summed E-state index contributed by atoms with van der Waals surface area (Å²) >= 11 is 0. The van der Waals surface area contributed by atoms with E-state index in [9.17, 15) is 0 Å². The molecule has 0 aliphatic carbocycles. The molecule has 0 bridgehead atoms. The minimum Gasteiger partial charge on any atom is -0.390 e. The van der Waals surface area contributed by atoms with E-state index in [1.807, 2.05) is 0 Å². The summed E-state index contributed by atoms with van der Waals surface area (Å²) in [6, 6.07) is 4.26. The lowest BCUT2D eigenvalue weighted by Gasteiger charge is -2.20. The van der Waals surface area contributed by atoms with Crippen LogP contribution in [0.15, 0.2) is 17.1 Å². The van der Waals surface area contributed by atoms with Crippen molar-refractivity contribution in [2.24, 2.45) is 10.7 Å². The van der Waals surface area contributed by atoms with Gasteiger partial charge in [-0.25, -0.2) is 4.99 Å². The van der Waals surface area contributed by atoms with Crippen molar-refractivity contribution < 1.29 is 0 Å². The highest BCUT2D eigenvalue weighted by atomic mass is 15.1. The Hall–Kier alpha value is -1.51. The first-order valence-corrected chi connectivity index (χ1v) is 5.16. The van der Waals surface area contributed by atoms with Gasteiger partial charge in [0, 0.05) is 13.6 Å². The minimum absolute atomic E-state index is 0.954. The lowest BCUT2D eigenvalue weighted by molar-refractivity contribution is 0.965. The molecule has 0 atom stereocenters. The van der Waals surface area contributed by atoms with E-state index in [0.29, 0.717) is 0 Å². The van der Waals surface area contributed by atoms with Crippen molar-refractivity contribution in [1.29, 1.82) is 0 Å². The second-order valence-electron chi connectivity index (χ2n) is 3.74. The van der Waals surface area contributed by atoms with E-state index < -0.39 is 0 Å². The molecule has 0 spiro atoms. The third-order valence-electron chi connectivity index (χ3n) is 2.51. The van der Waals surface area contributed by atoms with Crippen LogP contribution in [0.25, 0.3) is 0 Å². The van der Waals surface area contributed by atoms with Crippen molar-refractivity contribution in [3.8, 4) is 0 Å².